The fourth-order valence-corrected chi connectivity index (χ4v) is 1.99. The van der Waals surface area contributed by atoms with E-state index < -0.39 is 10.8 Å². The van der Waals surface area contributed by atoms with Gasteiger partial charge >= 0.3 is 0 Å². The molecule has 0 saturated heterocycles. The van der Waals surface area contributed by atoms with Gasteiger partial charge in [-0.3, -0.25) is 14.9 Å². The monoisotopic (exact) mass is 344 g/mol. The van der Waals surface area contributed by atoms with E-state index in [9.17, 15) is 14.9 Å². The Hall–Kier alpha value is -1.86. The molecule has 6 nitrogen and oxygen atoms in total. The second kappa shape index (κ2) is 5.41. The first-order valence-corrected chi connectivity index (χ1v) is 6.14. The van der Waals surface area contributed by atoms with Crippen LogP contribution in [0.1, 0.15) is 10.4 Å². The van der Waals surface area contributed by atoms with E-state index in [1.165, 1.54) is 30.5 Å². The molecule has 0 aliphatic rings. The Bertz CT molecular complexity index is 656. The van der Waals surface area contributed by atoms with Crippen LogP contribution in [0.5, 0.6) is 0 Å². The van der Waals surface area contributed by atoms with E-state index in [0.717, 1.165) is 0 Å². The number of nitrogens with one attached hydrogen (secondary N) is 1. The number of nitro groups is 1. The second-order valence-corrected chi connectivity index (χ2v) is 4.64. The molecule has 0 fully saturated rings. The summed E-state index contributed by atoms with van der Waals surface area (Å²) in [5.41, 5.74) is 0.0252. The molecule has 0 spiro atoms. The van der Waals surface area contributed by atoms with E-state index in [1.807, 2.05) is 0 Å². The van der Waals surface area contributed by atoms with Gasteiger partial charge in [-0.15, -0.1) is 0 Å². The van der Waals surface area contributed by atoms with Gasteiger partial charge in [-0.1, -0.05) is 11.6 Å². The molecule has 0 unspecified atom stereocenters. The number of furan rings is 1. The molecule has 2 aromatic rings. The van der Waals surface area contributed by atoms with Crippen molar-refractivity contribution in [2.75, 3.05) is 5.32 Å². The van der Waals surface area contributed by atoms with E-state index in [-0.39, 0.29) is 26.6 Å². The molecule has 0 radical (unpaired) electrons. The first-order chi connectivity index (χ1) is 8.99. The van der Waals surface area contributed by atoms with Crippen LogP contribution in [-0.2, 0) is 0 Å². The average Bonchev–Trinajstić information content (AvgIpc) is 2.77. The molecular formula is C11H6BrClN2O4. The number of carbonyl (C=O) groups is 1. The zero-order valence-electron chi connectivity index (χ0n) is 9.22. The lowest BCUT2D eigenvalue weighted by Gasteiger charge is -2.05. The lowest BCUT2D eigenvalue weighted by Crippen LogP contribution is -2.12. The Kier molecular flexibility index (Phi) is 3.87. The number of rotatable bonds is 3. The highest BCUT2D eigenvalue weighted by Crippen LogP contribution is 2.28. The van der Waals surface area contributed by atoms with Crippen molar-refractivity contribution in [1.29, 1.82) is 0 Å². The van der Waals surface area contributed by atoms with Crippen LogP contribution in [0.3, 0.4) is 0 Å². The number of nitrogens with zero attached hydrogens (tertiary/aromatic N) is 1. The maximum absolute atomic E-state index is 11.9. The van der Waals surface area contributed by atoms with Gasteiger partial charge in [0.15, 0.2) is 4.67 Å². The summed E-state index contributed by atoms with van der Waals surface area (Å²) in [6.07, 6.45) is 1.33. The number of nitro benzene ring substituents is 1. The molecule has 1 amide bonds. The molecule has 8 heteroatoms. The summed E-state index contributed by atoms with van der Waals surface area (Å²) in [7, 11) is 0. The predicted octanol–water partition coefficient (Wildman–Crippen LogP) is 3.86. The van der Waals surface area contributed by atoms with E-state index in [0.29, 0.717) is 0 Å². The lowest BCUT2D eigenvalue weighted by molar-refractivity contribution is -0.383. The summed E-state index contributed by atoms with van der Waals surface area (Å²) >= 11 is 8.74. The maximum Gasteiger partial charge on any atom is 0.294 e. The maximum atomic E-state index is 11.9. The zero-order valence-corrected chi connectivity index (χ0v) is 11.6. The molecule has 2 rings (SSSR count). The van der Waals surface area contributed by atoms with Crippen molar-refractivity contribution in [1.82, 2.24) is 0 Å². The highest BCUT2D eigenvalue weighted by Gasteiger charge is 2.19. The van der Waals surface area contributed by atoms with Crippen LogP contribution in [0.25, 0.3) is 0 Å². The van der Waals surface area contributed by atoms with Gasteiger partial charge in [0, 0.05) is 11.1 Å². The van der Waals surface area contributed by atoms with Crippen molar-refractivity contribution in [3.8, 4) is 0 Å². The Morgan fingerprint density at radius 3 is 2.74 bits per heavy atom. The van der Waals surface area contributed by atoms with Gasteiger partial charge in [0.2, 0.25) is 0 Å². The number of amides is 1. The highest BCUT2D eigenvalue weighted by molar-refractivity contribution is 9.10. The largest absolute Gasteiger partial charge is 0.457 e. The van der Waals surface area contributed by atoms with E-state index in [4.69, 9.17) is 16.0 Å². The van der Waals surface area contributed by atoms with Crippen LogP contribution in [0, 0.1) is 10.1 Å². The molecule has 0 atom stereocenters. The third-order valence-electron chi connectivity index (χ3n) is 2.27. The van der Waals surface area contributed by atoms with Crippen LogP contribution < -0.4 is 5.32 Å². The van der Waals surface area contributed by atoms with Crippen LogP contribution in [0.4, 0.5) is 11.4 Å². The Balaban J connectivity index is 2.32. The van der Waals surface area contributed by atoms with Crippen LogP contribution in [0.15, 0.2) is 39.6 Å². The molecule has 19 heavy (non-hydrogen) atoms. The van der Waals surface area contributed by atoms with Crippen LogP contribution >= 0.6 is 27.5 Å². The molecule has 98 valence electrons. The second-order valence-electron chi connectivity index (χ2n) is 3.48. The molecule has 0 aliphatic carbocycles. The molecule has 0 bridgehead atoms. The van der Waals surface area contributed by atoms with Gasteiger partial charge in [-0.2, -0.15) is 0 Å². The number of benzene rings is 1. The fraction of sp³-hybridized carbons (Fsp3) is 0. The van der Waals surface area contributed by atoms with Crippen molar-refractivity contribution in [2.24, 2.45) is 0 Å². The third kappa shape index (κ3) is 2.94. The van der Waals surface area contributed by atoms with Gasteiger partial charge in [0.1, 0.15) is 5.69 Å². The summed E-state index contributed by atoms with van der Waals surface area (Å²) in [6.45, 7) is 0. The van der Waals surface area contributed by atoms with Crippen LogP contribution in [-0.4, -0.2) is 10.8 Å². The number of carbonyl (C=O) groups excluding carboxylic acids is 1. The van der Waals surface area contributed by atoms with E-state index in [1.54, 1.807) is 0 Å². The van der Waals surface area contributed by atoms with Crippen LogP contribution in [0.2, 0.25) is 5.02 Å². The predicted molar refractivity (Wildman–Crippen MR) is 72.5 cm³/mol. The summed E-state index contributed by atoms with van der Waals surface area (Å²) in [6, 6.07) is 5.43. The molecule has 1 heterocycles. The fourth-order valence-electron chi connectivity index (χ4n) is 1.41. The number of hydrogen-bond donors (Lipinski definition) is 1. The third-order valence-corrected chi connectivity index (χ3v) is 3.12. The zero-order chi connectivity index (χ0) is 14.0. The first-order valence-electron chi connectivity index (χ1n) is 4.97. The van der Waals surface area contributed by atoms with Gasteiger partial charge < -0.3 is 9.73 Å². The first kappa shape index (κ1) is 13.6. The summed E-state index contributed by atoms with van der Waals surface area (Å²) < 4.78 is 5.17. The highest BCUT2D eigenvalue weighted by atomic mass is 79.9. The summed E-state index contributed by atoms with van der Waals surface area (Å²) in [4.78, 5) is 22.2. The van der Waals surface area contributed by atoms with Gasteiger partial charge in [0.25, 0.3) is 11.6 Å². The minimum absolute atomic E-state index is 0.0625. The van der Waals surface area contributed by atoms with Gasteiger partial charge in [-0.05, 0) is 34.1 Å². The standard InChI is InChI=1S/C11H6BrClN2O4/c12-10-7(3-4-19-10)11(16)14-8-2-1-6(13)5-9(8)15(17)18/h1-5H,(H,14,16). The number of hydrogen-bond acceptors (Lipinski definition) is 4. The molecule has 1 N–H and O–H groups in total. The minimum atomic E-state index is -0.619. The smallest absolute Gasteiger partial charge is 0.294 e. The molecule has 0 saturated carbocycles. The van der Waals surface area contributed by atoms with Crippen molar-refractivity contribution in [3.05, 3.63) is 55.9 Å². The van der Waals surface area contributed by atoms with Gasteiger partial charge in [0.05, 0.1) is 16.7 Å². The summed E-state index contributed by atoms with van der Waals surface area (Å²) in [5.74, 6) is -0.522. The molecule has 1 aromatic carbocycles. The van der Waals surface area contributed by atoms with E-state index in [2.05, 4.69) is 21.2 Å². The average molecular weight is 346 g/mol. The Morgan fingerprint density at radius 2 is 2.16 bits per heavy atom. The summed E-state index contributed by atoms with van der Waals surface area (Å²) in [5, 5.41) is 13.5. The van der Waals surface area contributed by atoms with Crippen molar-refractivity contribution < 1.29 is 14.1 Å². The Morgan fingerprint density at radius 1 is 1.42 bits per heavy atom. The van der Waals surface area contributed by atoms with Gasteiger partial charge in [-0.25, -0.2) is 0 Å². The quantitative estimate of drug-likeness (QED) is 0.676. The lowest BCUT2D eigenvalue weighted by atomic mass is 10.2. The molecule has 1 aromatic heterocycles. The number of halogens is 2. The minimum Gasteiger partial charge on any atom is -0.457 e. The Labute approximate surface area is 120 Å². The molecule has 0 aliphatic heterocycles. The van der Waals surface area contributed by atoms with Crippen molar-refractivity contribution in [2.45, 2.75) is 0 Å². The van der Waals surface area contributed by atoms with E-state index >= 15 is 0 Å². The van der Waals surface area contributed by atoms with Crippen molar-refractivity contribution >= 4 is 44.8 Å². The normalized spacial score (nSPS) is 10.2. The van der Waals surface area contributed by atoms with Crippen molar-refractivity contribution in [3.63, 3.8) is 0 Å². The SMILES string of the molecule is O=C(Nc1ccc(Cl)cc1[N+](=O)[O-])c1ccoc1Br. The topological polar surface area (TPSA) is 85.4 Å². The molecular weight excluding hydrogens is 339 g/mol. The number of anilines is 1.